The zero-order valence-corrected chi connectivity index (χ0v) is 8.38. The highest BCUT2D eigenvalue weighted by atomic mass is 35.5. The first-order valence-corrected chi connectivity index (χ1v) is 4.71. The van der Waals surface area contributed by atoms with Crippen LogP contribution in [0.3, 0.4) is 0 Å². The van der Waals surface area contributed by atoms with Crippen LogP contribution in [0, 0.1) is 0 Å². The number of imidazole rings is 1. The fraction of sp³-hybridized carbons (Fsp3) is 0.375. The van der Waals surface area contributed by atoms with E-state index in [0.717, 1.165) is 13.0 Å². The normalized spacial score (nSPS) is 11.0. The molecule has 2 aromatic rings. The van der Waals surface area contributed by atoms with E-state index < -0.39 is 0 Å². The molecule has 0 saturated heterocycles. The molecule has 5 nitrogen and oxygen atoms in total. The van der Waals surface area contributed by atoms with Crippen molar-refractivity contribution in [1.29, 1.82) is 0 Å². The fourth-order valence-corrected chi connectivity index (χ4v) is 1.54. The SMILES string of the molecule is CCCn1cnc2nc(Cl)[nH]c(=O)c21. The number of aromatic amines is 1. The quantitative estimate of drug-likeness (QED) is 0.761. The summed E-state index contributed by atoms with van der Waals surface area (Å²) in [6.07, 6.45) is 2.54. The maximum Gasteiger partial charge on any atom is 0.278 e. The Morgan fingerprint density at radius 3 is 3.14 bits per heavy atom. The van der Waals surface area contributed by atoms with Gasteiger partial charge in [-0.2, -0.15) is 4.98 Å². The third kappa shape index (κ3) is 1.39. The molecule has 2 heterocycles. The smallest absolute Gasteiger partial charge is 0.278 e. The van der Waals surface area contributed by atoms with E-state index >= 15 is 0 Å². The first-order valence-electron chi connectivity index (χ1n) is 4.33. The molecule has 0 bridgehead atoms. The van der Waals surface area contributed by atoms with Crippen molar-refractivity contribution in [1.82, 2.24) is 19.5 Å². The van der Waals surface area contributed by atoms with Crippen LogP contribution in [0.2, 0.25) is 5.28 Å². The number of H-pyrrole nitrogens is 1. The van der Waals surface area contributed by atoms with Gasteiger partial charge in [-0.3, -0.25) is 9.78 Å². The van der Waals surface area contributed by atoms with E-state index in [4.69, 9.17) is 11.6 Å². The van der Waals surface area contributed by atoms with Crippen molar-refractivity contribution in [3.05, 3.63) is 22.0 Å². The first kappa shape index (κ1) is 9.21. The molecule has 1 N–H and O–H groups in total. The van der Waals surface area contributed by atoms with E-state index in [0.29, 0.717) is 11.2 Å². The second-order valence-electron chi connectivity index (χ2n) is 2.97. The lowest BCUT2D eigenvalue weighted by Crippen LogP contribution is -2.12. The highest BCUT2D eigenvalue weighted by Crippen LogP contribution is 2.07. The summed E-state index contributed by atoms with van der Waals surface area (Å²) >= 11 is 5.59. The molecule has 0 amide bonds. The van der Waals surface area contributed by atoms with E-state index in [2.05, 4.69) is 15.0 Å². The summed E-state index contributed by atoms with van der Waals surface area (Å²) in [5.74, 6) is 0. The molecule has 74 valence electrons. The van der Waals surface area contributed by atoms with Crippen molar-refractivity contribution in [3.8, 4) is 0 Å². The van der Waals surface area contributed by atoms with Gasteiger partial charge in [0.25, 0.3) is 5.56 Å². The van der Waals surface area contributed by atoms with Gasteiger partial charge in [0.1, 0.15) is 0 Å². The van der Waals surface area contributed by atoms with Gasteiger partial charge >= 0.3 is 0 Å². The Labute approximate surface area is 84.8 Å². The molecule has 6 heteroatoms. The lowest BCUT2D eigenvalue weighted by atomic mass is 10.4. The van der Waals surface area contributed by atoms with Crippen LogP contribution < -0.4 is 5.56 Å². The number of aromatic nitrogens is 4. The van der Waals surface area contributed by atoms with Gasteiger partial charge in [-0.15, -0.1) is 0 Å². The Bertz CT molecular complexity index is 516. The van der Waals surface area contributed by atoms with Crippen molar-refractivity contribution < 1.29 is 0 Å². The standard InChI is InChI=1S/C8H9ClN4O/c1-2-3-13-4-10-6-5(13)7(14)12-8(9)11-6/h4H,2-3H2,1H3,(H,11,12,14). The molecule has 0 atom stereocenters. The topological polar surface area (TPSA) is 63.6 Å². The molecule has 0 aliphatic carbocycles. The molecule has 0 aliphatic heterocycles. The number of fused-ring (bicyclic) bond motifs is 1. The number of nitrogens with zero attached hydrogens (tertiary/aromatic N) is 3. The van der Waals surface area contributed by atoms with Gasteiger partial charge in [0, 0.05) is 6.54 Å². The number of halogens is 1. The van der Waals surface area contributed by atoms with Crippen molar-refractivity contribution in [2.75, 3.05) is 0 Å². The van der Waals surface area contributed by atoms with E-state index in [1.54, 1.807) is 10.9 Å². The summed E-state index contributed by atoms with van der Waals surface area (Å²) in [6.45, 7) is 2.78. The van der Waals surface area contributed by atoms with Gasteiger partial charge < -0.3 is 4.57 Å². The van der Waals surface area contributed by atoms with Gasteiger partial charge in [0.05, 0.1) is 6.33 Å². The lowest BCUT2D eigenvalue weighted by molar-refractivity contribution is 0.694. The van der Waals surface area contributed by atoms with Crippen LogP contribution >= 0.6 is 11.6 Å². The fourth-order valence-electron chi connectivity index (χ4n) is 1.37. The minimum atomic E-state index is -0.244. The molecular formula is C8H9ClN4O. The van der Waals surface area contributed by atoms with Crippen LogP contribution in [0.15, 0.2) is 11.1 Å². The van der Waals surface area contributed by atoms with Gasteiger partial charge in [-0.25, -0.2) is 4.98 Å². The molecule has 0 aliphatic rings. The lowest BCUT2D eigenvalue weighted by Gasteiger charge is -1.98. The largest absolute Gasteiger partial charge is 0.325 e. The van der Waals surface area contributed by atoms with Crippen molar-refractivity contribution >= 4 is 22.8 Å². The zero-order chi connectivity index (χ0) is 10.1. The van der Waals surface area contributed by atoms with E-state index in [1.165, 1.54) is 0 Å². The second kappa shape index (κ2) is 3.42. The molecule has 0 aromatic carbocycles. The Balaban J connectivity index is 2.73. The van der Waals surface area contributed by atoms with Crippen LogP contribution in [0.5, 0.6) is 0 Å². The second-order valence-corrected chi connectivity index (χ2v) is 3.32. The number of hydrogen-bond acceptors (Lipinski definition) is 3. The number of hydrogen-bond donors (Lipinski definition) is 1. The Morgan fingerprint density at radius 1 is 1.64 bits per heavy atom. The first-order chi connectivity index (χ1) is 6.72. The summed E-state index contributed by atoms with van der Waals surface area (Å²) < 4.78 is 1.78. The van der Waals surface area contributed by atoms with Crippen LogP contribution in [0.4, 0.5) is 0 Å². The summed E-state index contributed by atoms with van der Waals surface area (Å²) in [4.78, 5) is 21.9. The molecule has 0 saturated carbocycles. The molecule has 0 spiro atoms. The number of aryl methyl sites for hydroxylation is 1. The molecule has 2 rings (SSSR count). The van der Waals surface area contributed by atoms with E-state index in [-0.39, 0.29) is 10.8 Å². The Kier molecular flexibility index (Phi) is 2.25. The summed E-state index contributed by atoms with van der Waals surface area (Å²) in [5, 5.41) is 0.0734. The third-order valence-electron chi connectivity index (χ3n) is 1.92. The molecule has 0 radical (unpaired) electrons. The van der Waals surface area contributed by atoms with E-state index in [9.17, 15) is 4.79 Å². The average Bonchev–Trinajstić information content (AvgIpc) is 2.49. The van der Waals surface area contributed by atoms with Crippen LogP contribution in [-0.2, 0) is 6.54 Å². The highest BCUT2D eigenvalue weighted by molar-refractivity contribution is 6.28. The average molecular weight is 213 g/mol. The van der Waals surface area contributed by atoms with Gasteiger partial charge in [0.2, 0.25) is 5.28 Å². The zero-order valence-electron chi connectivity index (χ0n) is 7.62. The van der Waals surface area contributed by atoms with E-state index in [1.807, 2.05) is 6.92 Å². The summed E-state index contributed by atoms with van der Waals surface area (Å²) in [7, 11) is 0. The Hall–Kier alpha value is -1.36. The van der Waals surface area contributed by atoms with Crippen molar-refractivity contribution in [2.24, 2.45) is 0 Å². The van der Waals surface area contributed by atoms with Crippen LogP contribution in [0.25, 0.3) is 11.2 Å². The predicted octanol–water partition coefficient (Wildman–Crippen LogP) is 1.18. The highest BCUT2D eigenvalue weighted by Gasteiger charge is 2.08. The third-order valence-corrected chi connectivity index (χ3v) is 2.10. The summed E-state index contributed by atoms with van der Waals surface area (Å²) in [5.41, 5.74) is 0.634. The minimum absolute atomic E-state index is 0.0734. The van der Waals surface area contributed by atoms with Gasteiger partial charge in [0.15, 0.2) is 11.2 Å². The molecule has 14 heavy (non-hydrogen) atoms. The molecule has 0 fully saturated rings. The van der Waals surface area contributed by atoms with Crippen molar-refractivity contribution in [2.45, 2.75) is 19.9 Å². The molecule has 0 unspecified atom stereocenters. The molecular weight excluding hydrogens is 204 g/mol. The monoisotopic (exact) mass is 212 g/mol. The minimum Gasteiger partial charge on any atom is -0.325 e. The number of rotatable bonds is 2. The van der Waals surface area contributed by atoms with Gasteiger partial charge in [-0.1, -0.05) is 6.92 Å². The van der Waals surface area contributed by atoms with Gasteiger partial charge in [-0.05, 0) is 18.0 Å². The van der Waals surface area contributed by atoms with Crippen molar-refractivity contribution in [3.63, 3.8) is 0 Å². The molecule has 2 aromatic heterocycles. The maximum atomic E-state index is 11.5. The maximum absolute atomic E-state index is 11.5. The van der Waals surface area contributed by atoms with Crippen LogP contribution in [-0.4, -0.2) is 19.5 Å². The Morgan fingerprint density at radius 2 is 2.43 bits per heavy atom. The number of nitrogens with one attached hydrogen (secondary N) is 1. The summed E-state index contributed by atoms with van der Waals surface area (Å²) in [6, 6.07) is 0. The predicted molar refractivity (Wildman–Crippen MR) is 53.4 cm³/mol. The van der Waals surface area contributed by atoms with Crippen LogP contribution in [0.1, 0.15) is 13.3 Å².